The van der Waals surface area contributed by atoms with Crippen LogP contribution in [0.15, 0.2) is 18.5 Å². The lowest BCUT2D eigenvalue weighted by Gasteiger charge is -2.04. The number of amides is 1. The SMILES string of the molecule is Cn1cc(CNC(=O)c2cc(Cl)nnc2Cl)cn1. The van der Waals surface area contributed by atoms with Crippen LogP contribution in [0.5, 0.6) is 0 Å². The maximum absolute atomic E-state index is 11.8. The van der Waals surface area contributed by atoms with Gasteiger partial charge in [0.2, 0.25) is 0 Å². The van der Waals surface area contributed by atoms with E-state index in [0.717, 1.165) is 5.56 Å². The van der Waals surface area contributed by atoms with Crippen molar-refractivity contribution in [2.24, 2.45) is 7.05 Å². The molecule has 0 saturated heterocycles. The zero-order chi connectivity index (χ0) is 13.1. The first kappa shape index (κ1) is 12.8. The third-order valence-corrected chi connectivity index (χ3v) is 2.64. The van der Waals surface area contributed by atoms with E-state index in [-0.39, 0.29) is 21.8 Å². The number of aromatic nitrogens is 4. The Hall–Kier alpha value is -1.66. The Morgan fingerprint density at radius 3 is 2.89 bits per heavy atom. The van der Waals surface area contributed by atoms with Crippen LogP contribution in [0.2, 0.25) is 10.3 Å². The molecule has 0 saturated carbocycles. The second-order valence-electron chi connectivity index (χ2n) is 3.58. The van der Waals surface area contributed by atoms with E-state index < -0.39 is 0 Å². The minimum absolute atomic E-state index is 0.0167. The van der Waals surface area contributed by atoms with Crippen LogP contribution < -0.4 is 5.32 Å². The van der Waals surface area contributed by atoms with Crippen molar-refractivity contribution < 1.29 is 4.79 Å². The molecule has 2 aromatic heterocycles. The summed E-state index contributed by atoms with van der Waals surface area (Å²) in [6.07, 6.45) is 3.47. The predicted octanol–water partition coefficient (Wildman–Crippen LogP) is 1.45. The van der Waals surface area contributed by atoms with Crippen LogP contribution in [-0.4, -0.2) is 25.9 Å². The number of aryl methyl sites for hydroxylation is 1. The van der Waals surface area contributed by atoms with Crippen molar-refractivity contribution in [3.05, 3.63) is 39.9 Å². The lowest BCUT2D eigenvalue weighted by Crippen LogP contribution is -2.23. The van der Waals surface area contributed by atoms with Crippen molar-refractivity contribution in [3.8, 4) is 0 Å². The van der Waals surface area contributed by atoms with Gasteiger partial charge in [-0.2, -0.15) is 5.10 Å². The minimum Gasteiger partial charge on any atom is -0.348 e. The average molecular weight is 286 g/mol. The largest absolute Gasteiger partial charge is 0.348 e. The van der Waals surface area contributed by atoms with Crippen LogP contribution in [0.3, 0.4) is 0 Å². The van der Waals surface area contributed by atoms with Crippen molar-refractivity contribution in [1.82, 2.24) is 25.3 Å². The molecule has 0 aromatic carbocycles. The second-order valence-corrected chi connectivity index (χ2v) is 4.32. The number of nitrogens with one attached hydrogen (secondary N) is 1. The van der Waals surface area contributed by atoms with Gasteiger partial charge in [0.25, 0.3) is 5.91 Å². The maximum atomic E-state index is 11.8. The van der Waals surface area contributed by atoms with Gasteiger partial charge in [0.05, 0.1) is 11.8 Å². The zero-order valence-electron chi connectivity index (χ0n) is 9.39. The fraction of sp³-hybridized carbons (Fsp3) is 0.200. The van der Waals surface area contributed by atoms with E-state index in [9.17, 15) is 4.79 Å². The normalized spacial score (nSPS) is 10.4. The third-order valence-electron chi connectivity index (χ3n) is 2.18. The van der Waals surface area contributed by atoms with Gasteiger partial charge in [0.1, 0.15) is 0 Å². The van der Waals surface area contributed by atoms with Crippen LogP contribution in [0.1, 0.15) is 15.9 Å². The molecule has 0 atom stereocenters. The van der Waals surface area contributed by atoms with Gasteiger partial charge in [-0.15, -0.1) is 10.2 Å². The number of nitrogens with zero attached hydrogens (tertiary/aromatic N) is 4. The lowest BCUT2D eigenvalue weighted by atomic mass is 10.3. The van der Waals surface area contributed by atoms with Gasteiger partial charge in [0.15, 0.2) is 10.3 Å². The van der Waals surface area contributed by atoms with Gasteiger partial charge in [-0.3, -0.25) is 9.48 Å². The highest BCUT2D eigenvalue weighted by molar-refractivity contribution is 6.34. The van der Waals surface area contributed by atoms with Gasteiger partial charge in [-0.25, -0.2) is 0 Å². The number of carbonyl (C=O) groups excluding carboxylic acids is 1. The number of hydrogen-bond acceptors (Lipinski definition) is 4. The highest BCUT2D eigenvalue weighted by Gasteiger charge is 2.13. The molecule has 0 aliphatic rings. The van der Waals surface area contributed by atoms with E-state index in [2.05, 4.69) is 20.6 Å². The summed E-state index contributed by atoms with van der Waals surface area (Å²) in [4.78, 5) is 11.8. The Labute approximate surface area is 113 Å². The second kappa shape index (κ2) is 5.32. The fourth-order valence-corrected chi connectivity index (χ4v) is 1.68. The van der Waals surface area contributed by atoms with Crippen LogP contribution >= 0.6 is 23.2 Å². The molecular weight excluding hydrogens is 277 g/mol. The van der Waals surface area contributed by atoms with Crippen molar-refractivity contribution in [1.29, 1.82) is 0 Å². The molecule has 8 heteroatoms. The highest BCUT2D eigenvalue weighted by Crippen LogP contribution is 2.15. The Bertz CT molecular complexity index is 583. The molecule has 0 radical (unpaired) electrons. The Morgan fingerprint density at radius 1 is 1.44 bits per heavy atom. The summed E-state index contributed by atoms with van der Waals surface area (Å²) in [6.45, 7) is 0.350. The molecule has 1 N–H and O–H groups in total. The molecule has 0 unspecified atom stereocenters. The Kier molecular flexibility index (Phi) is 3.78. The van der Waals surface area contributed by atoms with Gasteiger partial charge < -0.3 is 5.32 Å². The van der Waals surface area contributed by atoms with E-state index in [4.69, 9.17) is 23.2 Å². The van der Waals surface area contributed by atoms with Crippen LogP contribution in [0.4, 0.5) is 0 Å². The van der Waals surface area contributed by atoms with Crippen LogP contribution in [0.25, 0.3) is 0 Å². The number of carbonyl (C=O) groups is 1. The van der Waals surface area contributed by atoms with Crippen molar-refractivity contribution >= 4 is 29.1 Å². The molecule has 2 aromatic rings. The molecule has 94 valence electrons. The summed E-state index contributed by atoms with van der Waals surface area (Å²) in [5, 5.41) is 13.9. The molecule has 1 amide bonds. The molecule has 0 bridgehead atoms. The molecule has 0 aliphatic carbocycles. The Balaban J connectivity index is 2.05. The van der Waals surface area contributed by atoms with Crippen molar-refractivity contribution in [3.63, 3.8) is 0 Å². The van der Waals surface area contributed by atoms with Crippen LogP contribution in [-0.2, 0) is 13.6 Å². The van der Waals surface area contributed by atoms with E-state index in [1.54, 1.807) is 24.1 Å². The monoisotopic (exact) mass is 285 g/mol. The summed E-state index contributed by atoms with van der Waals surface area (Å²) in [7, 11) is 1.80. The average Bonchev–Trinajstić information content (AvgIpc) is 2.75. The van der Waals surface area contributed by atoms with Gasteiger partial charge in [-0.05, 0) is 6.07 Å². The molecule has 18 heavy (non-hydrogen) atoms. The number of hydrogen-bond donors (Lipinski definition) is 1. The van der Waals surface area contributed by atoms with E-state index in [1.165, 1.54) is 6.07 Å². The molecular formula is C10H9Cl2N5O. The first-order chi connectivity index (χ1) is 8.56. The van der Waals surface area contributed by atoms with Crippen molar-refractivity contribution in [2.45, 2.75) is 6.54 Å². The molecule has 2 heterocycles. The van der Waals surface area contributed by atoms with E-state index >= 15 is 0 Å². The zero-order valence-corrected chi connectivity index (χ0v) is 10.9. The summed E-state index contributed by atoms with van der Waals surface area (Å²) in [5.74, 6) is -0.361. The highest BCUT2D eigenvalue weighted by atomic mass is 35.5. The van der Waals surface area contributed by atoms with E-state index in [0.29, 0.717) is 6.54 Å². The third kappa shape index (κ3) is 2.96. The molecule has 0 fully saturated rings. The van der Waals surface area contributed by atoms with Crippen LogP contribution in [0, 0.1) is 0 Å². The van der Waals surface area contributed by atoms with Crippen molar-refractivity contribution in [2.75, 3.05) is 0 Å². The van der Waals surface area contributed by atoms with E-state index in [1.807, 2.05) is 0 Å². The quantitative estimate of drug-likeness (QED) is 0.926. The van der Waals surface area contributed by atoms with Gasteiger partial charge in [0, 0.05) is 25.4 Å². The summed E-state index contributed by atoms with van der Waals surface area (Å²) >= 11 is 11.4. The summed E-state index contributed by atoms with van der Waals surface area (Å²) < 4.78 is 1.65. The Morgan fingerprint density at radius 2 is 2.22 bits per heavy atom. The standard InChI is InChI=1S/C10H9Cl2N5O/c1-17-5-6(4-14-17)3-13-10(18)7-2-8(11)15-16-9(7)12/h2,4-5H,3H2,1H3,(H,13,18). The molecule has 0 aliphatic heterocycles. The fourth-order valence-electron chi connectivity index (χ4n) is 1.35. The first-order valence-electron chi connectivity index (χ1n) is 5.00. The molecule has 6 nitrogen and oxygen atoms in total. The van der Waals surface area contributed by atoms with Gasteiger partial charge >= 0.3 is 0 Å². The summed E-state index contributed by atoms with van der Waals surface area (Å²) in [6, 6.07) is 1.37. The predicted molar refractivity (Wildman–Crippen MR) is 66.4 cm³/mol. The number of rotatable bonds is 3. The summed E-state index contributed by atoms with van der Waals surface area (Å²) in [5.41, 5.74) is 1.08. The molecule has 2 rings (SSSR count). The number of halogens is 2. The lowest BCUT2D eigenvalue weighted by molar-refractivity contribution is 0.0950. The topological polar surface area (TPSA) is 72.7 Å². The van der Waals surface area contributed by atoms with Gasteiger partial charge in [-0.1, -0.05) is 23.2 Å². The first-order valence-corrected chi connectivity index (χ1v) is 5.76. The minimum atomic E-state index is -0.361. The maximum Gasteiger partial charge on any atom is 0.254 e. The molecule has 0 spiro atoms. The smallest absolute Gasteiger partial charge is 0.254 e.